The third-order valence-electron chi connectivity index (χ3n) is 2.31. The lowest BCUT2D eigenvalue weighted by Gasteiger charge is -2.16. The number of aryl methyl sites for hydroxylation is 1. The Balaban J connectivity index is 2.42. The van der Waals surface area contributed by atoms with Crippen molar-refractivity contribution < 1.29 is 9.90 Å². The van der Waals surface area contributed by atoms with Crippen molar-refractivity contribution in [1.82, 2.24) is 10.2 Å². The number of likely N-dealkylation sites (N-methyl/N-ethyl adjacent to an activating group) is 1. The zero-order valence-electron chi connectivity index (χ0n) is 9.73. The lowest BCUT2D eigenvalue weighted by Crippen LogP contribution is -2.38. The van der Waals surface area contributed by atoms with Crippen LogP contribution >= 0.6 is 0 Å². The molecule has 1 aromatic carbocycles. The summed E-state index contributed by atoms with van der Waals surface area (Å²) in [5.74, 6) is 0. The third-order valence-corrected chi connectivity index (χ3v) is 2.31. The number of urea groups is 1. The number of aliphatic hydroxyl groups is 1. The first-order valence-corrected chi connectivity index (χ1v) is 5.29. The van der Waals surface area contributed by atoms with E-state index in [0.717, 1.165) is 5.56 Å². The van der Waals surface area contributed by atoms with E-state index in [1.807, 2.05) is 31.2 Å². The maximum absolute atomic E-state index is 11.5. The molecule has 0 aliphatic heterocycles. The van der Waals surface area contributed by atoms with Crippen LogP contribution in [0.3, 0.4) is 0 Å². The minimum Gasteiger partial charge on any atom is -0.395 e. The van der Waals surface area contributed by atoms with E-state index >= 15 is 0 Å². The summed E-state index contributed by atoms with van der Waals surface area (Å²) in [6, 6.07) is 7.82. The first-order valence-electron chi connectivity index (χ1n) is 5.29. The van der Waals surface area contributed by atoms with Gasteiger partial charge >= 0.3 is 6.03 Å². The van der Waals surface area contributed by atoms with E-state index in [2.05, 4.69) is 5.32 Å². The van der Waals surface area contributed by atoms with Crippen LogP contribution in [-0.4, -0.2) is 36.2 Å². The van der Waals surface area contributed by atoms with Crippen molar-refractivity contribution in [2.45, 2.75) is 13.5 Å². The van der Waals surface area contributed by atoms with E-state index < -0.39 is 0 Å². The second kappa shape index (κ2) is 6.12. The average molecular weight is 222 g/mol. The number of nitrogens with one attached hydrogen (secondary N) is 1. The van der Waals surface area contributed by atoms with Crippen LogP contribution in [0.4, 0.5) is 4.79 Å². The summed E-state index contributed by atoms with van der Waals surface area (Å²) in [4.78, 5) is 12.9. The molecule has 88 valence electrons. The van der Waals surface area contributed by atoms with Gasteiger partial charge < -0.3 is 15.3 Å². The van der Waals surface area contributed by atoms with E-state index in [-0.39, 0.29) is 12.6 Å². The highest BCUT2D eigenvalue weighted by Crippen LogP contribution is 2.03. The van der Waals surface area contributed by atoms with Crippen LogP contribution in [0, 0.1) is 6.92 Å². The molecule has 2 N–H and O–H groups in total. The molecule has 0 atom stereocenters. The minimum atomic E-state index is -0.171. The molecule has 1 rings (SSSR count). The van der Waals surface area contributed by atoms with Crippen molar-refractivity contribution in [3.8, 4) is 0 Å². The van der Waals surface area contributed by atoms with Crippen LogP contribution in [-0.2, 0) is 6.54 Å². The normalized spacial score (nSPS) is 9.94. The molecule has 4 nitrogen and oxygen atoms in total. The Bertz CT molecular complexity index is 353. The zero-order chi connectivity index (χ0) is 12.0. The second-order valence-electron chi connectivity index (χ2n) is 3.79. The largest absolute Gasteiger partial charge is 0.395 e. The molecule has 0 unspecified atom stereocenters. The van der Waals surface area contributed by atoms with Gasteiger partial charge in [0.1, 0.15) is 0 Å². The number of carbonyl (C=O) groups excluding carboxylic acids is 1. The lowest BCUT2D eigenvalue weighted by molar-refractivity contribution is 0.190. The van der Waals surface area contributed by atoms with Gasteiger partial charge in [0.15, 0.2) is 0 Å². The fourth-order valence-electron chi connectivity index (χ4n) is 1.39. The van der Waals surface area contributed by atoms with Crippen molar-refractivity contribution in [3.63, 3.8) is 0 Å². The molecule has 0 radical (unpaired) electrons. The highest BCUT2D eigenvalue weighted by molar-refractivity contribution is 5.73. The molecule has 0 bridgehead atoms. The Kier molecular flexibility index (Phi) is 4.79. The first-order chi connectivity index (χ1) is 7.63. The quantitative estimate of drug-likeness (QED) is 0.802. The molecule has 0 spiro atoms. The van der Waals surface area contributed by atoms with Crippen molar-refractivity contribution in [2.24, 2.45) is 0 Å². The summed E-state index contributed by atoms with van der Waals surface area (Å²) in [5, 5.41) is 11.5. The molecule has 0 aliphatic rings. The second-order valence-corrected chi connectivity index (χ2v) is 3.79. The number of carbonyl (C=O) groups is 1. The maximum atomic E-state index is 11.5. The lowest BCUT2D eigenvalue weighted by atomic mass is 10.1. The monoisotopic (exact) mass is 222 g/mol. The standard InChI is InChI=1S/C12H18N2O2/c1-10-4-3-5-11(8-10)9-13-12(16)14(2)6-7-15/h3-5,8,15H,6-7,9H2,1-2H3,(H,13,16). The molecule has 0 saturated carbocycles. The smallest absolute Gasteiger partial charge is 0.317 e. The van der Waals surface area contributed by atoms with Gasteiger partial charge in [-0.1, -0.05) is 29.8 Å². The van der Waals surface area contributed by atoms with Gasteiger partial charge in [0.25, 0.3) is 0 Å². The van der Waals surface area contributed by atoms with Crippen molar-refractivity contribution in [2.75, 3.05) is 20.2 Å². The Hall–Kier alpha value is -1.55. The Labute approximate surface area is 95.9 Å². The minimum absolute atomic E-state index is 0.0195. The summed E-state index contributed by atoms with van der Waals surface area (Å²) >= 11 is 0. The highest BCUT2D eigenvalue weighted by Gasteiger charge is 2.06. The maximum Gasteiger partial charge on any atom is 0.317 e. The summed E-state index contributed by atoms with van der Waals surface area (Å²) in [7, 11) is 1.65. The molecule has 0 aromatic heterocycles. The number of rotatable bonds is 4. The molecule has 0 aliphatic carbocycles. The number of hydrogen-bond acceptors (Lipinski definition) is 2. The Morgan fingerprint density at radius 3 is 2.88 bits per heavy atom. The average Bonchev–Trinajstić information content (AvgIpc) is 2.26. The summed E-state index contributed by atoms with van der Waals surface area (Å²) < 4.78 is 0. The van der Waals surface area contributed by atoms with Crippen molar-refractivity contribution in [3.05, 3.63) is 35.4 Å². The molecule has 0 fully saturated rings. The summed E-state index contributed by atoms with van der Waals surface area (Å²) in [6.45, 7) is 2.85. The molecular weight excluding hydrogens is 204 g/mol. The van der Waals surface area contributed by atoms with E-state index in [9.17, 15) is 4.79 Å². The van der Waals surface area contributed by atoms with Crippen LogP contribution in [0.15, 0.2) is 24.3 Å². The van der Waals surface area contributed by atoms with E-state index in [1.54, 1.807) is 7.05 Å². The number of amides is 2. The Morgan fingerprint density at radius 1 is 1.50 bits per heavy atom. The van der Waals surface area contributed by atoms with Gasteiger partial charge in [0.2, 0.25) is 0 Å². The predicted molar refractivity (Wildman–Crippen MR) is 63.1 cm³/mol. The highest BCUT2D eigenvalue weighted by atomic mass is 16.3. The van der Waals surface area contributed by atoms with Gasteiger partial charge in [-0.2, -0.15) is 0 Å². The van der Waals surface area contributed by atoms with E-state index in [1.165, 1.54) is 10.5 Å². The van der Waals surface area contributed by atoms with Crippen molar-refractivity contribution in [1.29, 1.82) is 0 Å². The predicted octanol–water partition coefficient (Wildman–Crippen LogP) is 1.13. The Morgan fingerprint density at radius 2 is 2.25 bits per heavy atom. The fraction of sp³-hybridized carbons (Fsp3) is 0.417. The van der Waals surface area contributed by atoms with Gasteiger partial charge in [0, 0.05) is 20.1 Å². The summed E-state index contributed by atoms with van der Waals surface area (Å²) in [6.07, 6.45) is 0. The molecular formula is C12H18N2O2. The number of nitrogens with zero attached hydrogens (tertiary/aromatic N) is 1. The molecule has 0 saturated heterocycles. The van der Waals surface area contributed by atoms with Crippen LogP contribution in [0.5, 0.6) is 0 Å². The van der Waals surface area contributed by atoms with E-state index in [0.29, 0.717) is 13.1 Å². The van der Waals surface area contributed by atoms with Crippen LogP contribution < -0.4 is 5.32 Å². The van der Waals surface area contributed by atoms with Gasteiger partial charge in [-0.3, -0.25) is 0 Å². The zero-order valence-corrected chi connectivity index (χ0v) is 9.73. The third kappa shape index (κ3) is 3.90. The fourth-order valence-corrected chi connectivity index (χ4v) is 1.39. The van der Waals surface area contributed by atoms with Gasteiger partial charge in [-0.25, -0.2) is 4.79 Å². The van der Waals surface area contributed by atoms with Gasteiger partial charge in [-0.05, 0) is 12.5 Å². The van der Waals surface area contributed by atoms with Crippen molar-refractivity contribution >= 4 is 6.03 Å². The summed E-state index contributed by atoms with van der Waals surface area (Å²) in [5.41, 5.74) is 2.25. The van der Waals surface area contributed by atoms with Crippen LogP contribution in [0.1, 0.15) is 11.1 Å². The number of aliphatic hydroxyl groups excluding tert-OH is 1. The van der Waals surface area contributed by atoms with Crippen LogP contribution in [0.2, 0.25) is 0 Å². The van der Waals surface area contributed by atoms with Gasteiger partial charge in [-0.15, -0.1) is 0 Å². The number of hydrogen-bond donors (Lipinski definition) is 2. The topological polar surface area (TPSA) is 52.6 Å². The first kappa shape index (κ1) is 12.5. The molecule has 1 aromatic rings. The molecule has 2 amide bonds. The SMILES string of the molecule is Cc1cccc(CNC(=O)N(C)CCO)c1. The van der Waals surface area contributed by atoms with Crippen LogP contribution in [0.25, 0.3) is 0 Å². The molecule has 4 heteroatoms. The van der Waals surface area contributed by atoms with Gasteiger partial charge in [0.05, 0.1) is 6.61 Å². The van der Waals surface area contributed by atoms with E-state index in [4.69, 9.17) is 5.11 Å². The molecule has 16 heavy (non-hydrogen) atoms. The molecule has 0 heterocycles. The number of benzene rings is 1.